The van der Waals surface area contributed by atoms with Crippen LogP contribution in [-0.2, 0) is 4.74 Å². The summed E-state index contributed by atoms with van der Waals surface area (Å²) in [5.41, 5.74) is 1.15. The number of rotatable bonds is 2. The largest absolute Gasteiger partial charge is 0.408 e. The van der Waals surface area contributed by atoms with Gasteiger partial charge in [-0.1, -0.05) is 57.5 Å². The highest BCUT2D eigenvalue weighted by Gasteiger charge is 2.44. The van der Waals surface area contributed by atoms with Gasteiger partial charge in [-0.05, 0) is 12.5 Å². The summed E-state index contributed by atoms with van der Waals surface area (Å²) in [6.07, 6.45) is -4.26. The fourth-order valence-electron chi connectivity index (χ4n) is 2.28. The van der Waals surface area contributed by atoms with E-state index in [0.29, 0.717) is 31.9 Å². The van der Waals surface area contributed by atoms with Crippen LogP contribution in [0.25, 0.3) is 0 Å². The van der Waals surface area contributed by atoms with Crippen LogP contribution in [0, 0.1) is 6.92 Å². The van der Waals surface area contributed by atoms with Crippen molar-refractivity contribution in [3.63, 3.8) is 0 Å². The first-order valence-electron chi connectivity index (χ1n) is 7.93. The van der Waals surface area contributed by atoms with Crippen molar-refractivity contribution in [3.8, 4) is 0 Å². The van der Waals surface area contributed by atoms with E-state index < -0.39 is 12.2 Å². The highest BCUT2D eigenvalue weighted by molar-refractivity contribution is 5.26. The zero-order chi connectivity index (χ0) is 17.2. The molecule has 0 spiro atoms. The minimum Gasteiger partial charge on any atom is -0.379 e. The van der Waals surface area contributed by atoms with E-state index in [1.807, 2.05) is 27.7 Å². The Bertz CT molecular complexity index is 401. The predicted molar refractivity (Wildman–Crippen MR) is 85.1 cm³/mol. The number of hydrogen-bond acceptors (Lipinski definition) is 2. The van der Waals surface area contributed by atoms with Gasteiger partial charge in [-0.3, -0.25) is 4.90 Å². The van der Waals surface area contributed by atoms with Gasteiger partial charge in [0.1, 0.15) is 6.04 Å². The third kappa shape index (κ3) is 6.36. The van der Waals surface area contributed by atoms with Crippen molar-refractivity contribution < 1.29 is 17.9 Å². The minimum absolute atomic E-state index is 0.310. The summed E-state index contributed by atoms with van der Waals surface area (Å²) in [6.45, 7) is 11.2. The summed E-state index contributed by atoms with van der Waals surface area (Å²) >= 11 is 0. The van der Waals surface area contributed by atoms with E-state index in [4.69, 9.17) is 4.74 Å². The van der Waals surface area contributed by atoms with Crippen molar-refractivity contribution in [1.29, 1.82) is 0 Å². The van der Waals surface area contributed by atoms with E-state index in [9.17, 15) is 13.2 Å². The topological polar surface area (TPSA) is 12.5 Å². The molecule has 1 fully saturated rings. The van der Waals surface area contributed by atoms with Crippen LogP contribution in [0.15, 0.2) is 24.3 Å². The highest BCUT2D eigenvalue weighted by Crippen LogP contribution is 2.38. The van der Waals surface area contributed by atoms with E-state index in [1.54, 1.807) is 31.2 Å². The van der Waals surface area contributed by atoms with Crippen molar-refractivity contribution >= 4 is 0 Å². The zero-order valence-electron chi connectivity index (χ0n) is 14.2. The SMILES string of the molecule is CC.CC.Cc1cccc(C(N2CCOCC2)C(F)(F)F)c1. The van der Waals surface area contributed by atoms with E-state index in [1.165, 1.54) is 4.90 Å². The molecular formula is C17H28F3NO. The van der Waals surface area contributed by atoms with E-state index >= 15 is 0 Å². The molecular weight excluding hydrogens is 291 g/mol. The molecule has 1 aliphatic heterocycles. The summed E-state index contributed by atoms with van der Waals surface area (Å²) in [5, 5.41) is 0. The Labute approximate surface area is 132 Å². The number of benzene rings is 1. The first-order chi connectivity index (χ1) is 10.5. The van der Waals surface area contributed by atoms with Crippen LogP contribution in [-0.4, -0.2) is 37.4 Å². The molecule has 1 unspecified atom stereocenters. The average molecular weight is 319 g/mol. The van der Waals surface area contributed by atoms with Crippen LogP contribution in [0.4, 0.5) is 13.2 Å². The van der Waals surface area contributed by atoms with Gasteiger partial charge in [0.25, 0.3) is 0 Å². The normalized spacial score (nSPS) is 16.7. The van der Waals surface area contributed by atoms with Gasteiger partial charge in [-0.25, -0.2) is 0 Å². The lowest BCUT2D eigenvalue weighted by molar-refractivity contribution is -0.194. The molecule has 1 aliphatic rings. The van der Waals surface area contributed by atoms with Crippen LogP contribution in [0.1, 0.15) is 44.9 Å². The van der Waals surface area contributed by atoms with Crippen LogP contribution < -0.4 is 0 Å². The molecule has 0 bridgehead atoms. The summed E-state index contributed by atoms with van der Waals surface area (Å²) in [4.78, 5) is 1.44. The zero-order valence-corrected chi connectivity index (χ0v) is 14.2. The number of aryl methyl sites for hydroxylation is 1. The monoisotopic (exact) mass is 319 g/mol. The number of morpholine rings is 1. The van der Waals surface area contributed by atoms with E-state index in [-0.39, 0.29) is 0 Å². The molecule has 1 atom stereocenters. The second-order valence-corrected chi connectivity index (χ2v) is 4.51. The van der Waals surface area contributed by atoms with Crippen molar-refractivity contribution in [2.24, 2.45) is 0 Å². The lowest BCUT2D eigenvalue weighted by atomic mass is 10.0. The molecule has 0 amide bonds. The van der Waals surface area contributed by atoms with Crippen molar-refractivity contribution in [2.45, 2.75) is 46.8 Å². The molecule has 0 N–H and O–H groups in total. The Morgan fingerprint density at radius 1 is 1.05 bits per heavy atom. The highest BCUT2D eigenvalue weighted by atomic mass is 19.4. The summed E-state index contributed by atoms with van der Waals surface area (Å²) in [6, 6.07) is 5.09. The molecule has 128 valence electrons. The summed E-state index contributed by atoms with van der Waals surface area (Å²) in [7, 11) is 0. The van der Waals surface area contributed by atoms with Gasteiger partial charge in [-0.2, -0.15) is 13.2 Å². The lowest BCUT2D eigenvalue weighted by Gasteiger charge is -2.35. The molecule has 1 heterocycles. The lowest BCUT2D eigenvalue weighted by Crippen LogP contribution is -2.44. The van der Waals surface area contributed by atoms with Crippen molar-refractivity contribution in [1.82, 2.24) is 4.90 Å². The molecule has 0 aliphatic carbocycles. The fourth-order valence-corrected chi connectivity index (χ4v) is 2.28. The molecule has 2 rings (SSSR count). The van der Waals surface area contributed by atoms with E-state index in [0.717, 1.165) is 5.56 Å². The molecule has 0 radical (unpaired) electrons. The number of ether oxygens (including phenoxy) is 1. The van der Waals surface area contributed by atoms with Crippen LogP contribution in [0.2, 0.25) is 0 Å². The second kappa shape index (κ2) is 10.6. The fraction of sp³-hybridized carbons (Fsp3) is 0.647. The van der Waals surface area contributed by atoms with Gasteiger partial charge in [0.05, 0.1) is 13.2 Å². The summed E-state index contributed by atoms with van der Waals surface area (Å²) in [5.74, 6) is 0. The van der Waals surface area contributed by atoms with Gasteiger partial charge in [0.15, 0.2) is 0 Å². The van der Waals surface area contributed by atoms with Gasteiger partial charge < -0.3 is 4.74 Å². The van der Waals surface area contributed by atoms with Gasteiger partial charge >= 0.3 is 6.18 Å². The first-order valence-corrected chi connectivity index (χ1v) is 7.93. The third-order valence-corrected chi connectivity index (χ3v) is 3.08. The van der Waals surface area contributed by atoms with Crippen LogP contribution in [0.5, 0.6) is 0 Å². The van der Waals surface area contributed by atoms with Crippen LogP contribution >= 0.6 is 0 Å². The minimum atomic E-state index is -4.26. The molecule has 1 aromatic carbocycles. The number of halogens is 3. The molecule has 5 heteroatoms. The van der Waals surface area contributed by atoms with E-state index in [2.05, 4.69) is 0 Å². The Morgan fingerprint density at radius 3 is 2.05 bits per heavy atom. The third-order valence-electron chi connectivity index (χ3n) is 3.08. The van der Waals surface area contributed by atoms with Crippen LogP contribution in [0.3, 0.4) is 0 Å². The molecule has 22 heavy (non-hydrogen) atoms. The standard InChI is InChI=1S/C13H16F3NO.2C2H6/c1-10-3-2-4-11(9-10)12(13(14,15)16)17-5-7-18-8-6-17;2*1-2/h2-4,9,12H,5-8H2,1H3;2*1-2H3. The second-order valence-electron chi connectivity index (χ2n) is 4.51. The number of hydrogen-bond donors (Lipinski definition) is 0. The number of nitrogens with zero attached hydrogens (tertiary/aromatic N) is 1. The maximum atomic E-state index is 13.2. The Balaban J connectivity index is 0.00000102. The Morgan fingerprint density at radius 2 is 1.59 bits per heavy atom. The van der Waals surface area contributed by atoms with Gasteiger partial charge in [0.2, 0.25) is 0 Å². The molecule has 1 aromatic rings. The average Bonchev–Trinajstić information content (AvgIpc) is 2.51. The predicted octanol–water partition coefficient (Wildman–Crippen LogP) is 4.98. The van der Waals surface area contributed by atoms with Gasteiger partial charge in [0, 0.05) is 13.1 Å². The maximum absolute atomic E-state index is 13.2. The maximum Gasteiger partial charge on any atom is 0.408 e. The first kappa shape index (κ1) is 20.9. The number of alkyl halides is 3. The Kier molecular flexibility index (Phi) is 10.1. The molecule has 0 saturated carbocycles. The van der Waals surface area contributed by atoms with Gasteiger partial charge in [-0.15, -0.1) is 0 Å². The van der Waals surface area contributed by atoms with Crippen molar-refractivity contribution in [2.75, 3.05) is 26.3 Å². The quantitative estimate of drug-likeness (QED) is 0.762. The molecule has 0 aromatic heterocycles. The van der Waals surface area contributed by atoms with Crippen molar-refractivity contribution in [3.05, 3.63) is 35.4 Å². The Hall–Kier alpha value is -1.07. The summed E-state index contributed by atoms with van der Waals surface area (Å²) < 4.78 is 44.8. The molecule has 1 saturated heterocycles. The smallest absolute Gasteiger partial charge is 0.379 e. The molecule has 2 nitrogen and oxygen atoms in total.